The molecule has 146 valence electrons. The first-order valence-electron chi connectivity index (χ1n) is 9.36. The van der Waals surface area contributed by atoms with Crippen molar-refractivity contribution in [3.8, 4) is 11.5 Å². The van der Waals surface area contributed by atoms with Gasteiger partial charge in [0.05, 0.1) is 17.7 Å². The van der Waals surface area contributed by atoms with Gasteiger partial charge in [-0.1, -0.05) is 36.4 Å². The third-order valence-corrected chi connectivity index (χ3v) is 4.56. The number of carbonyl (C=O) groups excluding carboxylic acids is 2. The first kappa shape index (κ1) is 18.6. The van der Waals surface area contributed by atoms with Gasteiger partial charge in [-0.15, -0.1) is 0 Å². The van der Waals surface area contributed by atoms with E-state index in [2.05, 4.69) is 10.6 Å². The van der Waals surface area contributed by atoms with Gasteiger partial charge in [-0.05, 0) is 48.9 Å². The Hall–Kier alpha value is -3.80. The topological polar surface area (TPSA) is 76.7 Å². The van der Waals surface area contributed by atoms with Gasteiger partial charge >= 0.3 is 5.97 Å². The van der Waals surface area contributed by atoms with E-state index < -0.39 is 12.1 Å². The van der Waals surface area contributed by atoms with Crippen LogP contribution in [0.25, 0.3) is 0 Å². The number of rotatable bonds is 5. The lowest BCUT2D eigenvalue weighted by atomic mass is 10.1. The van der Waals surface area contributed by atoms with Crippen molar-refractivity contribution in [1.82, 2.24) is 5.32 Å². The smallest absolute Gasteiger partial charge is 0.343 e. The number of hydrogen-bond donors (Lipinski definition) is 2. The fourth-order valence-corrected chi connectivity index (χ4v) is 3.16. The Kier molecular flexibility index (Phi) is 5.16. The van der Waals surface area contributed by atoms with E-state index in [0.29, 0.717) is 29.2 Å². The Bertz CT molecular complexity index is 1050. The zero-order valence-corrected chi connectivity index (χ0v) is 15.8. The number of fused-ring (bicyclic) bond motifs is 1. The van der Waals surface area contributed by atoms with Gasteiger partial charge in [0.1, 0.15) is 6.17 Å². The van der Waals surface area contributed by atoms with Gasteiger partial charge in [-0.3, -0.25) is 4.79 Å². The second-order valence-corrected chi connectivity index (χ2v) is 6.49. The molecule has 0 aliphatic carbocycles. The minimum absolute atomic E-state index is 0.151. The first-order chi connectivity index (χ1) is 14.2. The van der Waals surface area contributed by atoms with Crippen molar-refractivity contribution in [1.29, 1.82) is 0 Å². The Morgan fingerprint density at radius 1 is 0.931 bits per heavy atom. The average molecular weight is 388 g/mol. The Balaban J connectivity index is 1.59. The number of esters is 1. The standard InChI is InChI=1S/C23H20N2O4/c1-2-28-20-14-16(21-24-18-11-7-6-10-17(18)22(26)25-21)12-13-19(20)29-23(27)15-8-4-3-5-9-15/h3-14,21,24H,2H2,1H3,(H,25,26)/t21-/m0/s1. The highest BCUT2D eigenvalue weighted by Crippen LogP contribution is 2.33. The number of para-hydroxylation sites is 1. The van der Waals surface area contributed by atoms with Crippen LogP contribution in [0.4, 0.5) is 5.69 Å². The van der Waals surface area contributed by atoms with Crippen LogP contribution in [-0.2, 0) is 0 Å². The maximum absolute atomic E-state index is 12.4. The van der Waals surface area contributed by atoms with Crippen LogP contribution >= 0.6 is 0 Å². The predicted molar refractivity (Wildman–Crippen MR) is 109 cm³/mol. The highest BCUT2D eigenvalue weighted by molar-refractivity contribution is 6.01. The van der Waals surface area contributed by atoms with Crippen molar-refractivity contribution in [3.05, 3.63) is 89.5 Å². The number of anilines is 1. The summed E-state index contributed by atoms with van der Waals surface area (Å²) in [5.74, 6) is 0.149. The van der Waals surface area contributed by atoms with E-state index in [0.717, 1.165) is 11.3 Å². The molecule has 1 atom stereocenters. The number of ether oxygens (including phenoxy) is 2. The molecular formula is C23H20N2O4. The molecule has 1 aliphatic heterocycles. The van der Waals surface area contributed by atoms with E-state index in [1.165, 1.54) is 0 Å². The van der Waals surface area contributed by atoms with Gasteiger partial charge in [0.15, 0.2) is 11.5 Å². The molecule has 6 nitrogen and oxygen atoms in total. The summed E-state index contributed by atoms with van der Waals surface area (Å²) in [7, 11) is 0. The quantitative estimate of drug-likeness (QED) is 0.507. The summed E-state index contributed by atoms with van der Waals surface area (Å²) in [5, 5.41) is 6.23. The molecule has 1 aliphatic rings. The van der Waals surface area contributed by atoms with Crippen LogP contribution in [0.2, 0.25) is 0 Å². The molecule has 0 fully saturated rings. The van der Waals surface area contributed by atoms with E-state index in [9.17, 15) is 9.59 Å². The van der Waals surface area contributed by atoms with Gasteiger partial charge < -0.3 is 20.1 Å². The average Bonchev–Trinajstić information content (AvgIpc) is 2.75. The van der Waals surface area contributed by atoms with Gasteiger partial charge in [0, 0.05) is 5.69 Å². The fraction of sp³-hybridized carbons (Fsp3) is 0.130. The lowest BCUT2D eigenvalue weighted by Gasteiger charge is -2.28. The second kappa shape index (κ2) is 8.06. The zero-order valence-electron chi connectivity index (χ0n) is 15.8. The van der Waals surface area contributed by atoms with E-state index in [4.69, 9.17) is 9.47 Å². The summed E-state index contributed by atoms with van der Waals surface area (Å²) in [6.07, 6.45) is -0.421. The SMILES string of the molecule is CCOc1cc([C@@H]2NC(=O)c3ccccc3N2)ccc1OC(=O)c1ccccc1. The van der Waals surface area contributed by atoms with Gasteiger partial charge in [0.2, 0.25) is 0 Å². The first-order valence-corrected chi connectivity index (χ1v) is 9.36. The number of carbonyl (C=O) groups is 2. The Labute approximate surface area is 168 Å². The summed E-state index contributed by atoms with van der Waals surface area (Å²) in [6.45, 7) is 2.26. The molecular weight excluding hydrogens is 368 g/mol. The molecule has 0 unspecified atom stereocenters. The lowest BCUT2D eigenvalue weighted by Crippen LogP contribution is -2.38. The van der Waals surface area contributed by atoms with Crippen molar-refractivity contribution >= 4 is 17.6 Å². The Morgan fingerprint density at radius 2 is 1.69 bits per heavy atom. The van der Waals surface area contributed by atoms with Crippen molar-refractivity contribution in [2.75, 3.05) is 11.9 Å². The molecule has 3 aromatic carbocycles. The van der Waals surface area contributed by atoms with E-state index in [-0.39, 0.29) is 5.91 Å². The second-order valence-electron chi connectivity index (χ2n) is 6.49. The molecule has 0 spiro atoms. The van der Waals surface area contributed by atoms with Crippen LogP contribution in [0.15, 0.2) is 72.8 Å². The summed E-state index contributed by atoms with van der Waals surface area (Å²) >= 11 is 0. The van der Waals surface area contributed by atoms with Crippen molar-refractivity contribution in [2.24, 2.45) is 0 Å². The molecule has 0 aromatic heterocycles. The summed E-state index contributed by atoms with van der Waals surface area (Å²) in [6, 6.07) is 21.3. The normalized spacial score (nSPS) is 14.9. The van der Waals surface area contributed by atoms with Crippen LogP contribution in [0, 0.1) is 0 Å². The predicted octanol–water partition coefficient (Wildman–Crippen LogP) is 4.16. The molecule has 0 bridgehead atoms. The molecule has 6 heteroatoms. The van der Waals surface area contributed by atoms with Gasteiger partial charge in [-0.25, -0.2) is 4.79 Å². The molecule has 29 heavy (non-hydrogen) atoms. The molecule has 4 rings (SSSR count). The highest BCUT2D eigenvalue weighted by Gasteiger charge is 2.25. The maximum Gasteiger partial charge on any atom is 0.343 e. The zero-order chi connectivity index (χ0) is 20.2. The summed E-state index contributed by atoms with van der Waals surface area (Å²) in [5.41, 5.74) is 2.61. The van der Waals surface area contributed by atoms with Crippen LogP contribution in [-0.4, -0.2) is 18.5 Å². The minimum atomic E-state index is -0.461. The molecule has 0 saturated heterocycles. The highest BCUT2D eigenvalue weighted by atomic mass is 16.6. The maximum atomic E-state index is 12.4. The van der Waals surface area contributed by atoms with E-state index in [1.807, 2.05) is 31.2 Å². The van der Waals surface area contributed by atoms with Crippen molar-refractivity contribution < 1.29 is 19.1 Å². The summed E-state index contributed by atoms with van der Waals surface area (Å²) in [4.78, 5) is 24.8. The number of amides is 1. The minimum Gasteiger partial charge on any atom is -0.490 e. The van der Waals surface area contributed by atoms with Crippen molar-refractivity contribution in [3.63, 3.8) is 0 Å². The lowest BCUT2D eigenvalue weighted by molar-refractivity contribution is 0.0728. The van der Waals surface area contributed by atoms with Crippen LogP contribution < -0.4 is 20.1 Å². The molecule has 1 amide bonds. The van der Waals surface area contributed by atoms with Gasteiger partial charge in [0.25, 0.3) is 5.91 Å². The monoisotopic (exact) mass is 388 g/mol. The largest absolute Gasteiger partial charge is 0.490 e. The molecule has 2 N–H and O–H groups in total. The summed E-state index contributed by atoms with van der Waals surface area (Å²) < 4.78 is 11.2. The third kappa shape index (κ3) is 3.91. The van der Waals surface area contributed by atoms with Gasteiger partial charge in [-0.2, -0.15) is 0 Å². The molecule has 1 heterocycles. The van der Waals surface area contributed by atoms with Crippen molar-refractivity contribution in [2.45, 2.75) is 13.1 Å². The number of nitrogens with one attached hydrogen (secondary N) is 2. The molecule has 0 saturated carbocycles. The van der Waals surface area contributed by atoms with Crippen LogP contribution in [0.5, 0.6) is 11.5 Å². The molecule has 3 aromatic rings. The number of hydrogen-bond acceptors (Lipinski definition) is 5. The fourth-order valence-electron chi connectivity index (χ4n) is 3.16. The molecule has 0 radical (unpaired) electrons. The Morgan fingerprint density at radius 3 is 2.48 bits per heavy atom. The van der Waals surface area contributed by atoms with Crippen LogP contribution in [0.1, 0.15) is 39.4 Å². The van der Waals surface area contributed by atoms with E-state index >= 15 is 0 Å². The van der Waals surface area contributed by atoms with Crippen LogP contribution in [0.3, 0.4) is 0 Å². The number of benzene rings is 3. The van der Waals surface area contributed by atoms with E-state index in [1.54, 1.807) is 48.5 Å². The third-order valence-electron chi connectivity index (χ3n) is 4.56.